The van der Waals surface area contributed by atoms with Crippen molar-refractivity contribution in [2.75, 3.05) is 38.2 Å². The summed E-state index contributed by atoms with van der Waals surface area (Å²) in [5, 5.41) is 2.68. The molecule has 0 aromatic heterocycles. The van der Waals surface area contributed by atoms with Gasteiger partial charge in [-0.1, -0.05) is 12.1 Å². The standard InChI is InChI=1S/C23H31N3O4S/c1-17(28)18-3-5-19(6-4-18)21(29)25-11-8-23(9-12-25)10-13-26(15-23)22(30)20(24-16-27)7-14-31-2/h3-6,16,20H,7-15H2,1-2H3,(H,24,27)/t20-/m0/s1. The van der Waals surface area contributed by atoms with E-state index in [0.29, 0.717) is 50.1 Å². The number of carbonyl (C=O) groups excluding carboxylic acids is 4. The van der Waals surface area contributed by atoms with Crippen LogP contribution in [0.15, 0.2) is 24.3 Å². The molecule has 1 aromatic carbocycles. The molecule has 0 radical (unpaired) electrons. The number of benzene rings is 1. The van der Waals surface area contributed by atoms with Gasteiger partial charge in [0.25, 0.3) is 5.91 Å². The van der Waals surface area contributed by atoms with Gasteiger partial charge >= 0.3 is 0 Å². The Balaban J connectivity index is 1.56. The van der Waals surface area contributed by atoms with E-state index in [1.807, 2.05) is 16.1 Å². The highest BCUT2D eigenvalue weighted by Gasteiger charge is 2.43. The monoisotopic (exact) mass is 445 g/mol. The van der Waals surface area contributed by atoms with E-state index in [0.717, 1.165) is 25.0 Å². The number of amides is 3. The van der Waals surface area contributed by atoms with Crippen LogP contribution in [0, 0.1) is 5.41 Å². The van der Waals surface area contributed by atoms with Crippen molar-refractivity contribution in [3.63, 3.8) is 0 Å². The zero-order valence-electron chi connectivity index (χ0n) is 18.3. The van der Waals surface area contributed by atoms with Gasteiger partial charge in [0.05, 0.1) is 0 Å². The van der Waals surface area contributed by atoms with Crippen LogP contribution in [-0.4, -0.2) is 78.0 Å². The minimum absolute atomic E-state index is 0.00194. The smallest absolute Gasteiger partial charge is 0.253 e. The second-order valence-corrected chi connectivity index (χ2v) is 9.54. The summed E-state index contributed by atoms with van der Waals surface area (Å²) in [5.41, 5.74) is 1.25. The second kappa shape index (κ2) is 10.3. The highest BCUT2D eigenvalue weighted by molar-refractivity contribution is 7.98. The van der Waals surface area contributed by atoms with Crippen molar-refractivity contribution < 1.29 is 19.2 Å². The number of thioether (sulfide) groups is 1. The Morgan fingerprint density at radius 2 is 1.65 bits per heavy atom. The summed E-state index contributed by atoms with van der Waals surface area (Å²) in [5.74, 6) is 0.796. The number of carbonyl (C=O) groups is 4. The molecular formula is C23H31N3O4S. The molecule has 2 aliphatic heterocycles. The van der Waals surface area contributed by atoms with Crippen molar-refractivity contribution >= 4 is 35.8 Å². The third-order valence-corrected chi connectivity index (χ3v) is 7.22. The maximum atomic E-state index is 12.9. The van der Waals surface area contributed by atoms with Gasteiger partial charge in [0.1, 0.15) is 6.04 Å². The summed E-state index contributed by atoms with van der Waals surface area (Å²) in [4.78, 5) is 51.9. The lowest BCUT2D eigenvalue weighted by Gasteiger charge is -2.39. The molecule has 168 valence electrons. The van der Waals surface area contributed by atoms with Gasteiger partial charge in [-0.2, -0.15) is 11.8 Å². The molecule has 3 rings (SSSR count). The Hall–Kier alpha value is -2.35. The van der Waals surface area contributed by atoms with Crippen molar-refractivity contribution in [3.8, 4) is 0 Å². The average molecular weight is 446 g/mol. The minimum Gasteiger partial charge on any atom is -0.347 e. The molecule has 2 aliphatic rings. The van der Waals surface area contributed by atoms with Crippen molar-refractivity contribution in [2.45, 2.75) is 38.6 Å². The van der Waals surface area contributed by atoms with Gasteiger partial charge < -0.3 is 15.1 Å². The highest BCUT2D eigenvalue weighted by atomic mass is 32.2. The third kappa shape index (κ3) is 5.47. The quantitative estimate of drug-likeness (QED) is 0.490. The Kier molecular flexibility index (Phi) is 7.75. The summed E-state index contributed by atoms with van der Waals surface area (Å²) in [6.45, 7) is 4.24. The van der Waals surface area contributed by atoms with Crippen LogP contribution in [0.25, 0.3) is 0 Å². The lowest BCUT2D eigenvalue weighted by atomic mass is 9.77. The fraction of sp³-hybridized carbons (Fsp3) is 0.565. The van der Waals surface area contributed by atoms with E-state index < -0.39 is 6.04 Å². The molecule has 1 atom stereocenters. The molecule has 0 aliphatic carbocycles. The molecule has 1 spiro atoms. The molecule has 8 heteroatoms. The number of rotatable bonds is 8. The van der Waals surface area contributed by atoms with E-state index in [1.54, 1.807) is 36.0 Å². The topological polar surface area (TPSA) is 86.8 Å². The maximum absolute atomic E-state index is 12.9. The molecule has 2 fully saturated rings. The molecule has 1 N–H and O–H groups in total. The lowest BCUT2D eigenvalue weighted by molar-refractivity contribution is -0.134. The van der Waals surface area contributed by atoms with Crippen LogP contribution in [0.3, 0.4) is 0 Å². The number of hydrogen-bond acceptors (Lipinski definition) is 5. The largest absolute Gasteiger partial charge is 0.347 e. The fourth-order valence-electron chi connectivity index (χ4n) is 4.56. The van der Waals surface area contributed by atoms with E-state index >= 15 is 0 Å². The van der Waals surface area contributed by atoms with Gasteiger partial charge in [-0.3, -0.25) is 19.2 Å². The number of nitrogens with one attached hydrogen (secondary N) is 1. The molecule has 0 bridgehead atoms. The van der Waals surface area contributed by atoms with Gasteiger partial charge in [-0.25, -0.2) is 0 Å². The lowest BCUT2D eigenvalue weighted by Crippen LogP contribution is -2.48. The van der Waals surface area contributed by atoms with Gasteiger partial charge in [0.2, 0.25) is 12.3 Å². The van der Waals surface area contributed by atoms with Crippen molar-refractivity contribution in [1.82, 2.24) is 15.1 Å². The number of ketones is 1. The average Bonchev–Trinajstić information content (AvgIpc) is 3.19. The molecule has 1 aromatic rings. The summed E-state index contributed by atoms with van der Waals surface area (Å²) in [6.07, 6.45) is 5.90. The SMILES string of the molecule is CSCC[C@H](NC=O)C(=O)N1CCC2(CCN(C(=O)c3ccc(C(C)=O)cc3)CC2)C1. The van der Waals surface area contributed by atoms with E-state index in [9.17, 15) is 19.2 Å². The maximum Gasteiger partial charge on any atom is 0.253 e. The Labute approximate surface area is 187 Å². The summed E-state index contributed by atoms with van der Waals surface area (Å²) >= 11 is 1.66. The number of likely N-dealkylation sites (tertiary alicyclic amines) is 2. The van der Waals surface area contributed by atoms with Crippen molar-refractivity contribution in [2.24, 2.45) is 5.41 Å². The molecule has 7 nitrogen and oxygen atoms in total. The Bertz CT molecular complexity index is 819. The molecule has 0 unspecified atom stereocenters. The number of Topliss-reactive ketones (excluding diaryl/α,β-unsaturated/α-hetero) is 1. The Morgan fingerprint density at radius 3 is 2.19 bits per heavy atom. The summed E-state index contributed by atoms with van der Waals surface area (Å²) in [6, 6.07) is 6.37. The predicted octanol–water partition coefficient (Wildman–Crippen LogP) is 2.21. The molecule has 31 heavy (non-hydrogen) atoms. The van der Waals surface area contributed by atoms with Gasteiger partial charge in [0.15, 0.2) is 5.78 Å². The van der Waals surface area contributed by atoms with Crippen LogP contribution in [0.4, 0.5) is 0 Å². The summed E-state index contributed by atoms with van der Waals surface area (Å²) in [7, 11) is 0. The van der Waals surface area contributed by atoms with Crippen LogP contribution >= 0.6 is 11.8 Å². The first-order valence-electron chi connectivity index (χ1n) is 10.8. The first kappa shape index (κ1) is 23.3. The minimum atomic E-state index is -0.459. The summed E-state index contributed by atoms with van der Waals surface area (Å²) < 4.78 is 0. The van der Waals surface area contributed by atoms with Crippen LogP contribution in [0.1, 0.15) is 53.3 Å². The normalized spacial score (nSPS) is 18.6. The predicted molar refractivity (Wildman–Crippen MR) is 121 cm³/mol. The number of piperidine rings is 1. The van der Waals surface area contributed by atoms with Crippen LogP contribution < -0.4 is 5.32 Å². The first-order valence-corrected chi connectivity index (χ1v) is 12.2. The van der Waals surface area contributed by atoms with Crippen LogP contribution in [0.2, 0.25) is 0 Å². The van der Waals surface area contributed by atoms with E-state index in [4.69, 9.17) is 0 Å². The van der Waals surface area contributed by atoms with Gasteiger partial charge in [0, 0.05) is 37.3 Å². The zero-order valence-corrected chi connectivity index (χ0v) is 19.1. The third-order valence-electron chi connectivity index (χ3n) is 6.58. The van der Waals surface area contributed by atoms with E-state index in [-0.39, 0.29) is 23.0 Å². The van der Waals surface area contributed by atoms with E-state index in [1.165, 1.54) is 6.92 Å². The molecule has 2 heterocycles. The zero-order chi connectivity index (χ0) is 22.4. The molecule has 2 saturated heterocycles. The van der Waals surface area contributed by atoms with Gasteiger partial charge in [-0.05, 0) is 62.2 Å². The van der Waals surface area contributed by atoms with Crippen molar-refractivity contribution in [3.05, 3.63) is 35.4 Å². The van der Waals surface area contributed by atoms with Crippen LogP contribution in [-0.2, 0) is 9.59 Å². The number of nitrogens with zero attached hydrogens (tertiary/aromatic N) is 2. The first-order chi connectivity index (χ1) is 14.9. The number of hydrogen-bond donors (Lipinski definition) is 1. The molecular weight excluding hydrogens is 414 g/mol. The van der Waals surface area contributed by atoms with Gasteiger partial charge in [-0.15, -0.1) is 0 Å². The van der Waals surface area contributed by atoms with Crippen LogP contribution in [0.5, 0.6) is 0 Å². The second-order valence-electron chi connectivity index (χ2n) is 8.55. The highest BCUT2D eigenvalue weighted by Crippen LogP contribution is 2.40. The molecule has 0 saturated carbocycles. The van der Waals surface area contributed by atoms with Crippen molar-refractivity contribution in [1.29, 1.82) is 0 Å². The fourth-order valence-corrected chi connectivity index (χ4v) is 5.03. The molecule has 3 amide bonds. The van der Waals surface area contributed by atoms with E-state index in [2.05, 4.69) is 5.32 Å². The Morgan fingerprint density at radius 1 is 1.06 bits per heavy atom.